The van der Waals surface area contributed by atoms with Gasteiger partial charge in [0, 0.05) is 63.7 Å². The number of hydrogen-bond donors (Lipinski definition) is 0. The van der Waals surface area contributed by atoms with Crippen molar-refractivity contribution in [2.45, 2.75) is 186 Å². The third-order valence-electron chi connectivity index (χ3n) is 29.3. The largest absolute Gasteiger partial charge is 0.494 e. The van der Waals surface area contributed by atoms with E-state index in [0.717, 1.165) is 152 Å². The van der Waals surface area contributed by atoms with E-state index in [0.29, 0.717) is 50.2 Å². The second-order valence-corrected chi connectivity index (χ2v) is 38.9. The first kappa shape index (κ1) is 83.0. The number of benzene rings is 8. The molecule has 1 heterocycles. The number of anilines is 3. The van der Waals surface area contributed by atoms with E-state index in [1.165, 1.54) is 78.1 Å². The average molecular weight is 1650 g/mol. The molecule has 634 valence electrons. The minimum absolute atomic E-state index is 0.0251. The van der Waals surface area contributed by atoms with Gasteiger partial charge < -0.3 is 24.0 Å². The lowest BCUT2D eigenvalue weighted by atomic mass is 9.57. The standard InChI is InChI=1S/C118H120F2N2O3/c1-9-79-35-63-101(64-36-79)123-71-17-15-21-81-31-41-89(42-32-81)117(91-49-45-87(46-50-91)115(3,4)5)109-29-13-11-27-103(109)105-67-39-85(75-111(105)117)83-23-19-25-97(73-83)121(95-57-53-93(119)54-58-95)99-61-69-113-107(77-99)108-78-100(62-70-114(108)125-113)122(96-59-55-94(120)56-60-96)98-26-20-24-84(74-98)86-40-68-106-104-28-12-14-30-110(104)118(112(106)76-86,92-51-47-88(48-52-92)116(6,7)8)90-43-33-82(34-44-90)22-16-18-72-124-102-65-37-80(10-2)38-66-102/h9-11,13-14,19-20,24-27,29-37,40-47,49,51-53,55-56,59-66,68-70,73-78,80,83,88,91,95,105,107,111,113H,1-2,12,15-18,21-23,28,38-39,48,50,54,57-58,67,71-72H2,3-8H3. The van der Waals surface area contributed by atoms with Gasteiger partial charge in [-0.1, -0.05) is 254 Å². The summed E-state index contributed by atoms with van der Waals surface area (Å²) >= 11 is 0. The maximum atomic E-state index is 15.5. The predicted octanol–water partition coefficient (Wildman–Crippen LogP) is 30.4. The Hall–Kier alpha value is -11.5. The number of hydrogen-bond acceptors (Lipinski definition) is 5. The lowest BCUT2D eigenvalue weighted by molar-refractivity contribution is 0.215. The van der Waals surface area contributed by atoms with Crippen LogP contribution in [-0.2, 0) is 28.4 Å². The number of ether oxygens (including phenoxy) is 3. The van der Waals surface area contributed by atoms with E-state index in [1.807, 2.05) is 42.5 Å². The number of halogens is 2. The Balaban J connectivity index is 0.629. The molecule has 0 aromatic heterocycles. The molecule has 8 aromatic rings. The molecule has 125 heavy (non-hydrogen) atoms. The van der Waals surface area contributed by atoms with Crippen LogP contribution in [0, 0.1) is 46.2 Å². The predicted molar refractivity (Wildman–Crippen MR) is 514 cm³/mol. The van der Waals surface area contributed by atoms with Gasteiger partial charge in [0.05, 0.1) is 24.5 Å². The van der Waals surface area contributed by atoms with E-state index in [-0.39, 0.29) is 63.7 Å². The van der Waals surface area contributed by atoms with E-state index in [4.69, 9.17) is 14.2 Å². The molecule has 8 aromatic carbocycles. The molecule has 0 amide bonds. The summed E-state index contributed by atoms with van der Waals surface area (Å²) in [5, 5.41) is 0. The highest BCUT2D eigenvalue weighted by Crippen LogP contribution is 2.65. The van der Waals surface area contributed by atoms with E-state index < -0.39 is 5.41 Å². The fraction of sp³-hybridized carbons (Fsp3) is 0.322. The third kappa shape index (κ3) is 16.3. The normalized spacial score (nSPS) is 24.9. The molecule has 1 aliphatic heterocycles. The molecule has 0 saturated heterocycles. The molecule has 11 atom stereocenters. The fourth-order valence-corrected chi connectivity index (χ4v) is 22.6. The zero-order valence-electron chi connectivity index (χ0n) is 73.9. The van der Waals surface area contributed by atoms with Crippen molar-refractivity contribution in [3.05, 3.63) is 423 Å². The summed E-state index contributed by atoms with van der Waals surface area (Å²) in [6, 6.07) is 66.9. The molecule has 11 aliphatic rings. The summed E-state index contributed by atoms with van der Waals surface area (Å²) in [6.45, 7) is 23.4. The van der Waals surface area contributed by atoms with Gasteiger partial charge in [0.15, 0.2) is 0 Å². The Morgan fingerprint density at radius 1 is 0.560 bits per heavy atom. The highest BCUT2D eigenvalue weighted by molar-refractivity contribution is 5.91. The van der Waals surface area contributed by atoms with Crippen molar-refractivity contribution in [3.63, 3.8) is 0 Å². The summed E-state index contributed by atoms with van der Waals surface area (Å²) in [4.78, 5) is 4.84. The van der Waals surface area contributed by atoms with Crippen LogP contribution < -0.4 is 14.4 Å². The van der Waals surface area contributed by atoms with Crippen LogP contribution in [0.3, 0.4) is 0 Å². The summed E-state index contributed by atoms with van der Waals surface area (Å²) in [6.07, 6.45) is 64.6. The number of allylic oxidation sites excluding steroid dienone is 23. The first-order valence-electron chi connectivity index (χ1n) is 46.6. The highest BCUT2D eigenvalue weighted by Gasteiger charge is 2.57. The quantitative estimate of drug-likeness (QED) is 0.0399. The molecule has 11 unspecified atom stereocenters. The van der Waals surface area contributed by atoms with E-state index in [1.54, 1.807) is 12.1 Å². The van der Waals surface area contributed by atoms with Crippen LogP contribution in [0.5, 0.6) is 11.5 Å². The SMILES string of the molecule is C=Cc1ccc(OCCCCc2ccc(C3(C4C=CC(C(C)(C)C)=CC4)c4ccccc4C4CCC(C5C=C(N(C6=CC7c8cc(N(c9ccc(F)cc9)c9cccc(-c%10ccc%11c(c%10)C(C%10=CCC(C(C)(C)C)C=C%10)(c%10ccc(CCCCOC%12=CCC(C=C)C=C%12)cc%10)C%10=C%11CCC=C%10)c9)ccc8OC7C=C6)C6CC=C(F)CC6)C=CC5)=CC43)cc2)cc1. The van der Waals surface area contributed by atoms with Crippen molar-refractivity contribution >= 4 is 28.7 Å². The molecule has 0 bridgehead atoms. The molecule has 0 saturated carbocycles. The van der Waals surface area contributed by atoms with Gasteiger partial charge in [-0.2, -0.15) is 0 Å². The molecule has 0 spiro atoms. The molecule has 19 rings (SSSR count). The first-order valence-corrected chi connectivity index (χ1v) is 46.6. The van der Waals surface area contributed by atoms with Crippen molar-refractivity contribution in [1.29, 1.82) is 0 Å². The van der Waals surface area contributed by atoms with Crippen LogP contribution in [0.4, 0.5) is 25.8 Å². The van der Waals surface area contributed by atoms with Crippen molar-refractivity contribution in [2.75, 3.05) is 18.1 Å². The smallest absolute Gasteiger partial charge is 0.128 e. The monoisotopic (exact) mass is 1650 g/mol. The summed E-state index contributed by atoms with van der Waals surface area (Å²) < 4.78 is 50.2. The molecular weight excluding hydrogens is 1530 g/mol. The lowest BCUT2D eigenvalue weighted by Gasteiger charge is -2.46. The topological polar surface area (TPSA) is 34.2 Å². The molecule has 7 heteroatoms. The van der Waals surface area contributed by atoms with Crippen LogP contribution in [0.25, 0.3) is 22.8 Å². The third-order valence-corrected chi connectivity index (χ3v) is 29.3. The van der Waals surface area contributed by atoms with E-state index in [9.17, 15) is 0 Å². The minimum Gasteiger partial charge on any atom is -0.494 e. The molecule has 0 fully saturated rings. The second-order valence-electron chi connectivity index (χ2n) is 38.9. The van der Waals surface area contributed by atoms with Crippen LogP contribution in [0.15, 0.2) is 362 Å². The zero-order valence-corrected chi connectivity index (χ0v) is 73.9. The molecule has 10 aliphatic carbocycles. The number of unbranched alkanes of at least 4 members (excludes halogenated alkanes) is 2. The Bertz CT molecular complexity index is 5910. The van der Waals surface area contributed by atoms with Crippen molar-refractivity contribution in [3.8, 4) is 22.6 Å². The van der Waals surface area contributed by atoms with Crippen LogP contribution in [-0.4, -0.2) is 30.3 Å². The van der Waals surface area contributed by atoms with Crippen LogP contribution in [0.2, 0.25) is 0 Å². The highest BCUT2D eigenvalue weighted by atomic mass is 19.1. The van der Waals surface area contributed by atoms with Gasteiger partial charge >= 0.3 is 0 Å². The Labute approximate surface area is 741 Å². The second kappa shape index (κ2) is 35.1. The Kier molecular flexibility index (Phi) is 23.3. The summed E-state index contributed by atoms with van der Waals surface area (Å²) in [5.41, 5.74) is 26.9. The molecule has 0 radical (unpaired) electrons. The first-order chi connectivity index (χ1) is 60.9. The number of nitrogens with zero attached hydrogens (tertiary/aromatic N) is 2. The van der Waals surface area contributed by atoms with Crippen LogP contribution >= 0.6 is 0 Å². The van der Waals surface area contributed by atoms with Gasteiger partial charge in [-0.15, -0.1) is 6.58 Å². The summed E-state index contributed by atoms with van der Waals surface area (Å²) in [5.74, 6) is 4.12. The maximum absolute atomic E-state index is 15.5. The zero-order chi connectivity index (χ0) is 85.6. The van der Waals surface area contributed by atoms with Gasteiger partial charge in [-0.25, -0.2) is 8.78 Å². The summed E-state index contributed by atoms with van der Waals surface area (Å²) in [7, 11) is 0. The van der Waals surface area contributed by atoms with Gasteiger partial charge in [0.2, 0.25) is 0 Å². The Morgan fingerprint density at radius 2 is 1.32 bits per heavy atom. The van der Waals surface area contributed by atoms with Crippen molar-refractivity contribution in [1.82, 2.24) is 4.90 Å². The molecule has 0 N–H and O–H groups in total. The van der Waals surface area contributed by atoms with E-state index in [2.05, 4.69) is 319 Å². The lowest BCUT2D eigenvalue weighted by Crippen LogP contribution is -2.42. The van der Waals surface area contributed by atoms with Gasteiger partial charge in [-0.3, -0.25) is 0 Å². The van der Waals surface area contributed by atoms with Crippen molar-refractivity contribution < 1.29 is 23.0 Å². The number of fused-ring (bicyclic) bond motifs is 8. The van der Waals surface area contributed by atoms with Crippen LogP contribution in [0.1, 0.15) is 205 Å². The van der Waals surface area contributed by atoms with Gasteiger partial charge in [-0.05, 0) is 336 Å². The van der Waals surface area contributed by atoms with Gasteiger partial charge in [0.1, 0.15) is 29.2 Å². The Morgan fingerprint density at radius 3 is 2.04 bits per heavy atom. The molecule has 5 nitrogen and oxygen atoms in total. The number of aryl methyl sites for hydroxylation is 2. The van der Waals surface area contributed by atoms with Crippen molar-refractivity contribution in [2.24, 2.45) is 40.4 Å². The minimum atomic E-state index is -0.541. The van der Waals surface area contributed by atoms with E-state index >= 15 is 8.78 Å². The fourth-order valence-electron chi connectivity index (χ4n) is 22.6. The number of rotatable bonds is 26. The molecular formula is C118H120F2N2O3. The maximum Gasteiger partial charge on any atom is 0.128 e. The average Bonchev–Trinajstić information content (AvgIpc) is 1.54. The van der Waals surface area contributed by atoms with Gasteiger partial charge in [0.25, 0.3) is 0 Å².